The number of rotatable bonds is 3. The van der Waals surface area contributed by atoms with Crippen LogP contribution in [0.25, 0.3) is 0 Å². The molecular weight excluding hydrogens is 213 g/mol. The maximum atomic E-state index is 13.7. The number of aliphatic hydroxyl groups is 1. The summed E-state index contributed by atoms with van der Waals surface area (Å²) in [4.78, 5) is 12.8. The van der Waals surface area contributed by atoms with Crippen molar-refractivity contribution >= 4 is 5.91 Å². The first-order valence-electron chi connectivity index (χ1n) is 5.68. The van der Waals surface area contributed by atoms with Crippen molar-refractivity contribution in [3.8, 4) is 0 Å². The Hall–Kier alpha value is -0.680. The molecule has 0 bridgehead atoms. The van der Waals surface area contributed by atoms with Gasteiger partial charge in [0, 0.05) is 6.54 Å². The molecule has 0 saturated carbocycles. The van der Waals surface area contributed by atoms with E-state index in [4.69, 9.17) is 9.84 Å². The highest BCUT2D eigenvalue weighted by Gasteiger charge is 2.33. The van der Waals surface area contributed by atoms with E-state index in [0.717, 1.165) is 0 Å². The Morgan fingerprint density at radius 3 is 2.56 bits per heavy atom. The fourth-order valence-corrected chi connectivity index (χ4v) is 1.85. The zero-order valence-corrected chi connectivity index (χ0v) is 10.0. The van der Waals surface area contributed by atoms with Gasteiger partial charge in [-0.15, -0.1) is 0 Å². The number of alkyl halides is 1. The molecule has 1 aliphatic rings. The summed E-state index contributed by atoms with van der Waals surface area (Å²) in [5.74, 6) is -0.411. The van der Waals surface area contributed by atoms with Crippen molar-refractivity contribution < 1.29 is 19.0 Å². The van der Waals surface area contributed by atoms with Crippen molar-refractivity contribution in [2.75, 3.05) is 13.1 Å². The molecule has 1 aliphatic heterocycles. The molecule has 16 heavy (non-hydrogen) atoms. The number of aliphatic hydroxyl groups excluding tert-OH is 1. The summed E-state index contributed by atoms with van der Waals surface area (Å²) < 4.78 is 19.1. The average Bonchev–Trinajstić information content (AvgIpc) is 2.19. The van der Waals surface area contributed by atoms with Gasteiger partial charge in [-0.2, -0.15) is 0 Å². The lowest BCUT2D eigenvalue weighted by Gasteiger charge is -2.35. The van der Waals surface area contributed by atoms with E-state index in [1.807, 2.05) is 13.8 Å². The van der Waals surface area contributed by atoms with E-state index in [9.17, 15) is 9.18 Å². The zero-order chi connectivity index (χ0) is 12.3. The van der Waals surface area contributed by atoms with Crippen molar-refractivity contribution in [3.05, 3.63) is 0 Å². The highest BCUT2D eigenvalue weighted by atomic mass is 19.1. The number of piperidine rings is 1. The van der Waals surface area contributed by atoms with E-state index in [1.165, 1.54) is 11.8 Å². The molecule has 0 spiro atoms. The molecule has 0 radical (unpaired) electrons. The Morgan fingerprint density at radius 2 is 2.12 bits per heavy atom. The summed E-state index contributed by atoms with van der Waals surface area (Å²) in [6.45, 7) is 5.58. The standard InChI is InChI=1S/C11H20FNO3/c1-7(2)16-10-4-5-13(6-9(10)12)11(15)8(3)14/h7-10,14H,4-6H2,1-3H3/t8-,9+,10-/m0/s1. The lowest BCUT2D eigenvalue weighted by molar-refractivity contribution is -0.146. The Kier molecular flexibility index (Phi) is 4.68. The molecule has 0 unspecified atom stereocenters. The first kappa shape index (κ1) is 13.4. The van der Waals surface area contributed by atoms with Crippen LogP contribution in [0.15, 0.2) is 0 Å². The Bertz CT molecular complexity index is 245. The summed E-state index contributed by atoms with van der Waals surface area (Å²) in [6.07, 6.45) is -2.19. The molecule has 1 heterocycles. The molecule has 4 nitrogen and oxygen atoms in total. The molecule has 0 aliphatic carbocycles. The quantitative estimate of drug-likeness (QED) is 0.782. The number of nitrogens with zero attached hydrogens (tertiary/aromatic N) is 1. The largest absolute Gasteiger partial charge is 0.384 e. The molecular formula is C11H20FNO3. The van der Waals surface area contributed by atoms with Gasteiger partial charge in [0.25, 0.3) is 5.91 Å². The first-order chi connectivity index (χ1) is 7.41. The van der Waals surface area contributed by atoms with Gasteiger partial charge in [-0.3, -0.25) is 4.79 Å². The summed E-state index contributed by atoms with van der Waals surface area (Å²) in [5.41, 5.74) is 0. The lowest BCUT2D eigenvalue weighted by Crippen LogP contribution is -2.51. The maximum Gasteiger partial charge on any atom is 0.251 e. The minimum absolute atomic E-state index is 0.0118. The number of ether oxygens (including phenoxy) is 1. The number of carbonyl (C=O) groups excluding carboxylic acids is 1. The highest BCUT2D eigenvalue weighted by Crippen LogP contribution is 2.19. The molecule has 0 aromatic heterocycles. The van der Waals surface area contributed by atoms with Crippen molar-refractivity contribution in [1.82, 2.24) is 4.90 Å². The van der Waals surface area contributed by atoms with Crippen LogP contribution in [0.1, 0.15) is 27.2 Å². The molecule has 1 fully saturated rings. The normalized spacial score (nSPS) is 28.2. The van der Waals surface area contributed by atoms with Crippen LogP contribution in [-0.4, -0.2) is 53.5 Å². The third-order valence-corrected chi connectivity index (χ3v) is 2.60. The lowest BCUT2D eigenvalue weighted by atomic mass is 10.1. The van der Waals surface area contributed by atoms with Gasteiger partial charge in [0.1, 0.15) is 12.3 Å². The van der Waals surface area contributed by atoms with Gasteiger partial charge in [-0.25, -0.2) is 4.39 Å². The predicted molar refractivity (Wildman–Crippen MR) is 57.8 cm³/mol. The van der Waals surface area contributed by atoms with Gasteiger partial charge in [0.2, 0.25) is 0 Å². The van der Waals surface area contributed by atoms with Crippen molar-refractivity contribution in [3.63, 3.8) is 0 Å². The van der Waals surface area contributed by atoms with Crippen molar-refractivity contribution in [2.24, 2.45) is 0 Å². The summed E-state index contributed by atoms with van der Waals surface area (Å²) in [7, 11) is 0. The molecule has 0 aromatic carbocycles. The first-order valence-corrected chi connectivity index (χ1v) is 5.68. The molecule has 0 aromatic rings. The zero-order valence-electron chi connectivity index (χ0n) is 10.0. The summed E-state index contributed by atoms with van der Waals surface area (Å²) in [5, 5.41) is 9.13. The number of hydrogen-bond donors (Lipinski definition) is 1. The molecule has 1 amide bonds. The van der Waals surface area contributed by atoms with E-state index in [1.54, 1.807) is 0 Å². The second-order valence-electron chi connectivity index (χ2n) is 4.49. The molecule has 1 saturated heterocycles. The molecule has 1 N–H and O–H groups in total. The molecule has 5 heteroatoms. The van der Waals surface area contributed by atoms with Gasteiger partial charge in [0.05, 0.1) is 18.8 Å². The fourth-order valence-electron chi connectivity index (χ4n) is 1.85. The smallest absolute Gasteiger partial charge is 0.251 e. The number of halogens is 1. The SMILES string of the molecule is CC(C)O[C@H]1CCN(C(=O)[C@H](C)O)C[C@H]1F. The summed E-state index contributed by atoms with van der Waals surface area (Å²) in [6, 6.07) is 0. The Balaban J connectivity index is 2.48. The predicted octanol–water partition coefficient (Wildman–Crippen LogP) is 0.731. The van der Waals surface area contributed by atoms with Crippen LogP contribution in [0.4, 0.5) is 4.39 Å². The Labute approximate surface area is 95.4 Å². The van der Waals surface area contributed by atoms with Crippen LogP contribution in [0.3, 0.4) is 0 Å². The van der Waals surface area contributed by atoms with Crippen LogP contribution < -0.4 is 0 Å². The monoisotopic (exact) mass is 233 g/mol. The molecule has 3 atom stereocenters. The van der Waals surface area contributed by atoms with E-state index in [-0.39, 0.29) is 12.6 Å². The molecule has 1 rings (SSSR count). The van der Waals surface area contributed by atoms with Crippen LogP contribution in [0.5, 0.6) is 0 Å². The Morgan fingerprint density at radius 1 is 1.50 bits per heavy atom. The van der Waals surface area contributed by atoms with E-state index in [0.29, 0.717) is 13.0 Å². The van der Waals surface area contributed by atoms with Gasteiger partial charge >= 0.3 is 0 Å². The highest BCUT2D eigenvalue weighted by molar-refractivity contribution is 5.80. The van der Waals surface area contributed by atoms with Gasteiger partial charge < -0.3 is 14.7 Å². The van der Waals surface area contributed by atoms with Gasteiger partial charge in [-0.05, 0) is 27.2 Å². The van der Waals surface area contributed by atoms with Crippen molar-refractivity contribution in [2.45, 2.75) is 51.7 Å². The average molecular weight is 233 g/mol. The van der Waals surface area contributed by atoms with Crippen LogP contribution >= 0.6 is 0 Å². The third-order valence-electron chi connectivity index (χ3n) is 2.60. The topological polar surface area (TPSA) is 49.8 Å². The van der Waals surface area contributed by atoms with Crippen molar-refractivity contribution in [1.29, 1.82) is 0 Å². The number of hydrogen-bond acceptors (Lipinski definition) is 3. The maximum absolute atomic E-state index is 13.7. The van der Waals surface area contributed by atoms with Crippen LogP contribution in [-0.2, 0) is 9.53 Å². The van der Waals surface area contributed by atoms with Gasteiger partial charge in [-0.1, -0.05) is 0 Å². The number of likely N-dealkylation sites (tertiary alicyclic amines) is 1. The van der Waals surface area contributed by atoms with E-state index >= 15 is 0 Å². The fraction of sp³-hybridized carbons (Fsp3) is 0.909. The summed E-state index contributed by atoms with van der Waals surface area (Å²) >= 11 is 0. The second-order valence-corrected chi connectivity index (χ2v) is 4.49. The van der Waals surface area contributed by atoms with Crippen LogP contribution in [0, 0.1) is 0 Å². The third kappa shape index (κ3) is 3.42. The molecule has 94 valence electrons. The minimum Gasteiger partial charge on any atom is -0.384 e. The van der Waals surface area contributed by atoms with E-state index in [2.05, 4.69) is 0 Å². The van der Waals surface area contributed by atoms with Gasteiger partial charge in [0.15, 0.2) is 0 Å². The van der Waals surface area contributed by atoms with Crippen LogP contribution in [0.2, 0.25) is 0 Å². The second kappa shape index (κ2) is 5.59. The number of amides is 1. The van der Waals surface area contributed by atoms with E-state index < -0.39 is 24.3 Å². The number of carbonyl (C=O) groups is 1. The minimum atomic E-state index is -1.17.